The summed E-state index contributed by atoms with van der Waals surface area (Å²) in [6.45, 7) is 4.58. The van der Waals surface area contributed by atoms with Gasteiger partial charge in [-0.05, 0) is 57.0 Å². The quantitative estimate of drug-likeness (QED) is 0.925. The first kappa shape index (κ1) is 15.4. The smallest absolute Gasteiger partial charge is 0.251 e. The molecule has 0 radical (unpaired) electrons. The third-order valence-electron chi connectivity index (χ3n) is 5.19. The predicted molar refractivity (Wildman–Crippen MR) is 88.5 cm³/mol. The molecule has 2 unspecified atom stereocenters. The van der Waals surface area contributed by atoms with Crippen LogP contribution < -0.4 is 5.32 Å². The van der Waals surface area contributed by atoms with Gasteiger partial charge in [0.05, 0.1) is 6.26 Å². The van der Waals surface area contributed by atoms with E-state index in [1.807, 2.05) is 24.3 Å². The van der Waals surface area contributed by atoms with Crippen molar-refractivity contribution in [3.63, 3.8) is 0 Å². The van der Waals surface area contributed by atoms with Gasteiger partial charge in [-0.3, -0.25) is 9.69 Å². The van der Waals surface area contributed by atoms with Crippen LogP contribution in [-0.2, 0) is 0 Å². The van der Waals surface area contributed by atoms with Gasteiger partial charge in [-0.2, -0.15) is 0 Å². The largest absolute Gasteiger partial charge is 0.464 e. The number of furan rings is 1. The van der Waals surface area contributed by atoms with Crippen molar-refractivity contribution in [2.24, 2.45) is 5.92 Å². The van der Waals surface area contributed by atoms with E-state index < -0.39 is 0 Å². The molecule has 3 aliphatic rings. The Hall–Kier alpha value is -1.52. The van der Waals surface area contributed by atoms with Crippen molar-refractivity contribution in [3.05, 3.63) is 36.1 Å². The zero-order valence-electron chi connectivity index (χ0n) is 12.6. The van der Waals surface area contributed by atoms with Gasteiger partial charge in [0, 0.05) is 23.0 Å². The van der Waals surface area contributed by atoms with Crippen molar-refractivity contribution >= 4 is 29.3 Å². The van der Waals surface area contributed by atoms with Gasteiger partial charge in [-0.25, -0.2) is 0 Å². The maximum atomic E-state index is 12.5. The molecule has 5 heteroatoms. The molecule has 2 atom stereocenters. The summed E-state index contributed by atoms with van der Waals surface area (Å²) in [5.41, 5.74) is 1.45. The molecule has 1 aromatic carbocycles. The molecule has 4 nitrogen and oxygen atoms in total. The van der Waals surface area contributed by atoms with Crippen LogP contribution in [0.25, 0.3) is 11.0 Å². The molecule has 118 valence electrons. The number of nitrogens with one attached hydrogen (secondary N) is 1. The molecule has 22 heavy (non-hydrogen) atoms. The summed E-state index contributed by atoms with van der Waals surface area (Å²) in [5.74, 6) is 0.639. The lowest BCUT2D eigenvalue weighted by Gasteiger charge is -2.49. The highest BCUT2D eigenvalue weighted by Crippen LogP contribution is 2.32. The van der Waals surface area contributed by atoms with Crippen LogP contribution in [0.2, 0.25) is 0 Å². The summed E-state index contributed by atoms with van der Waals surface area (Å²) >= 11 is 0. The summed E-state index contributed by atoms with van der Waals surface area (Å²) in [5, 5.41) is 4.28. The van der Waals surface area contributed by atoms with Crippen LogP contribution in [0.3, 0.4) is 0 Å². The number of amides is 1. The standard InChI is InChI=1S/C17H20N2O2.ClH/c1-11-16(13-4-7-19(11)8-5-13)18-17(20)14-3-2-12-6-9-21-15(12)10-14;/h2-3,6,9-11,13,16H,4-5,7-8H2,1H3,(H,18,20);1H. The molecular formula is C17H21ClN2O2. The number of benzene rings is 1. The molecule has 3 aliphatic heterocycles. The van der Waals surface area contributed by atoms with Crippen molar-refractivity contribution in [1.29, 1.82) is 0 Å². The Kier molecular flexibility index (Phi) is 4.15. The summed E-state index contributed by atoms with van der Waals surface area (Å²) < 4.78 is 5.38. The first-order valence-corrected chi connectivity index (χ1v) is 7.74. The van der Waals surface area contributed by atoms with E-state index in [-0.39, 0.29) is 24.4 Å². The second-order valence-corrected chi connectivity index (χ2v) is 6.29. The van der Waals surface area contributed by atoms with Crippen molar-refractivity contribution in [3.8, 4) is 0 Å². The molecule has 1 aromatic heterocycles. The maximum absolute atomic E-state index is 12.5. The van der Waals surface area contributed by atoms with Crippen LogP contribution in [0.5, 0.6) is 0 Å². The van der Waals surface area contributed by atoms with E-state index in [0.29, 0.717) is 17.5 Å². The fourth-order valence-corrected chi connectivity index (χ4v) is 3.88. The number of rotatable bonds is 2. The topological polar surface area (TPSA) is 45.5 Å². The Morgan fingerprint density at radius 1 is 1.27 bits per heavy atom. The molecule has 0 saturated carbocycles. The molecule has 1 amide bonds. The second-order valence-electron chi connectivity index (χ2n) is 6.29. The van der Waals surface area contributed by atoms with E-state index in [4.69, 9.17) is 4.42 Å². The van der Waals surface area contributed by atoms with Crippen LogP contribution in [0.1, 0.15) is 30.1 Å². The maximum Gasteiger partial charge on any atom is 0.251 e. The molecule has 0 aliphatic carbocycles. The Morgan fingerprint density at radius 3 is 2.77 bits per heavy atom. The average molecular weight is 321 g/mol. The summed E-state index contributed by atoms with van der Waals surface area (Å²) in [4.78, 5) is 15.0. The van der Waals surface area contributed by atoms with Gasteiger partial charge in [-0.15, -0.1) is 12.4 Å². The Balaban J connectivity index is 0.00000144. The van der Waals surface area contributed by atoms with Gasteiger partial charge >= 0.3 is 0 Å². The van der Waals surface area contributed by atoms with Gasteiger partial charge in [0.15, 0.2) is 0 Å². The molecule has 5 rings (SSSR count). The summed E-state index contributed by atoms with van der Waals surface area (Å²) in [6, 6.07) is 8.26. The predicted octanol–water partition coefficient (Wildman–Crippen LogP) is 3.07. The number of hydrogen-bond donors (Lipinski definition) is 1. The fourth-order valence-electron chi connectivity index (χ4n) is 3.88. The van der Waals surface area contributed by atoms with Crippen molar-refractivity contribution in [2.45, 2.75) is 31.8 Å². The van der Waals surface area contributed by atoms with E-state index in [0.717, 1.165) is 11.0 Å². The van der Waals surface area contributed by atoms with E-state index in [1.165, 1.54) is 25.9 Å². The second kappa shape index (κ2) is 5.94. The number of piperidine rings is 3. The minimum absolute atomic E-state index is 0. The summed E-state index contributed by atoms with van der Waals surface area (Å²) in [6.07, 6.45) is 4.06. The van der Waals surface area contributed by atoms with Crippen molar-refractivity contribution < 1.29 is 9.21 Å². The Morgan fingerprint density at radius 2 is 2.05 bits per heavy atom. The minimum Gasteiger partial charge on any atom is -0.464 e. The van der Waals surface area contributed by atoms with Crippen molar-refractivity contribution in [1.82, 2.24) is 10.2 Å². The molecule has 3 fully saturated rings. The van der Waals surface area contributed by atoms with Gasteiger partial charge in [0.25, 0.3) is 5.91 Å². The molecule has 0 spiro atoms. The van der Waals surface area contributed by atoms with E-state index >= 15 is 0 Å². The summed E-state index contributed by atoms with van der Waals surface area (Å²) in [7, 11) is 0. The first-order valence-electron chi connectivity index (χ1n) is 7.74. The van der Waals surface area contributed by atoms with E-state index in [9.17, 15) is 4.79 Å². The third-order valence-corrected chi connectivity index (χ3v) is 5.19. The number of hydrogen-bond acceptors (Lipinski definition) is 3. The molecule has 1 N–H and O–H groups in total. The van der Waals surface area contributed by atoms with Gasteiger partial charge in [0.2, 0.25) is 0 Å². The van der Waals surface area contributed by atoms with Crippen LogP contribution in [0.4, 0.5) is 0 Å². The zero-order valence-corrected chi connectivity index (χ0v) is 13.4. The average Bonchev–Trinajstić information content (AvgIpc) is 2.98. The van der Waals surface area contributed by atoms with Crippen LogP contribution >= 0.6 is 12.4 Å². The molecule has 3 saturated heterocycles. The van der Waals surface area contributed by atoms with Crippen LogP contribution in [-0.4, -0.2) is 36.0 Å². The monoisotopic (exact) mass is 320 g/mol. The third kappa shape index (κ3) is 2.50. The zero-order chi connectivity index (χ0) is 14.4. The lowest BCUT2D eigenvalue weighted by molar-refractivity contribution is 0.0217. The molecule has 4 heterocycles. The highest BCUT2D eigenvalue weighted by atomic mass is 35.5. The number of carbonyl (C=O) groups excluding carboxylic acids is 1. The molecular weight excluding hydrogens is 300 g/mol. The van der Waals surface area contributed by atoms with Crippen LogP contribution in [0.15, 0.2) is 34.9 Å². The highest BCUT2D eigenvalue weighted by Gasteiger charge is 2.40. The van der Waals surface area contributed by atoms with Crippen molar-refractivity contribution in [2.75, 3.05) is 13.1 Å². The fraction of sp³-hybridized carbons (Fsp3) is 0.471. The van der Waals surface area contributed by atoms with Gasteiger partial charge in [-0.1, -0.05) is 6.07 Å². The molecule has 2 aromatic rings. The van der Waals surface area contributed by atoms with E-state index in [1.54, 1.807) is 6.26 Å². The lowest BCUT2D eigenvalue weighted by Crippen LogP contribution is -2.62. The number of nitrogens with zero attached hydrogens (tertiary/aromatic N) is 1. The van der Waals surface area contributed by atoms with Crippen LogP contribution in [0, 0.1) is 5.92 Å². The normalized spacial score (nSPS) is 30.0. The SMILES string of the molecule is CC1C(NC(=O)c2ccc3ccoc3c2)C2CCN1CC2.Cl. The lowest BCUT2D eigenvalue weighted by atomic mass is 9.79. The minimum atomic E-state index is 0. The number of carbonyl (C=O) groups is 1. The Labute approximate surface area is 136 Å². The Bertz CT molecular complexity index is 674. The van der Waals surface area contributed by atoms with Gasteiger partial charge in [0.1, 0.15) is 5.58 Å². The number of fused-ring (bicyclic) bond motifs is 4. The highest BCUT2D eigenvalue weighted by molar-refractivity contribution is 5.97. The number of halogens is 1. The molecule has 2 bridgehead atoms. The van der Waals surface area contributed by atoms with E-state index in [2.05, 4.69) is 17.1 Å². The first-order chi connectivity index (χ1) is 10.2. The van der Waals surface area contributed by atoms with Gasteiger partial charge < -0.3 is 9.73 Å².